The third-order valence-corrected chi connectivity index (χ3v) is 5.50. The topological polar surface area (TPSA) is 38.0 Å². The third-order valence-electron chi connectivity index (χ3n) is 5.50. The molecule has 0 heterocycles. The van der Waals surface area contributed by atoms with Gasteiger partial charge in [-0.3, -0.25) is 11.3 Å². The van der Waals surface area contributed by atoms with Crippen LogP contribution in [0, 0.1) is 17.8 Å². The van der Waals surface area contributed by atoms with E-state index in [9.17, 15) is 0 Å². The van der Waals surface area contributed by atoms with Crippen LogP contribution in [0.3, 0.4) is 0 Å². The predicted octanol–water partition coefficient (Wildman–Crippen LogP) is 5.03. The summed E-state index contributed by atoms with van der Waals surface area (Å²) >= 11 is 0. The number of hydrazine groups is 1. The summed E-state index contributed by atoms with van der Waals surface area (Å²) in [6.45, 7) is 6.95. The van der Waals surface area contributed by atoms with Crippen molar-refractivity contribution < 1.29 is 0 Å². The number of hydrogen-bond acceptors (Lipinski definition) is 2. The van der Waals surface area contributed by atoms with Crippen molar-refractivity contribution >= 4 is 0 Å². The average Bonchev–Trinajstić information content (AvgIpc) is 2.49. The van der Waals surface area contributed by atoms with Crippen LogP contribution in [0.5, 0.6) is 0 Å². The molecule has 0 aromatic carbocycles. The van der Waals surface area contributed by atoms with E-state index in [-0.39, 0.29) is 0 Å². The van der Waals surface area contributed by atoms with Crippen molar-refractivity contribution in [1.29, 1.82) is 0 Å². The Hall–Kier alpha value is -0.0800. The first-order valence-corrected chi connectivity index (χ1v) is 9.21. The lowest BCUT2D eigenvalue weighted by molar-refractivity contribution is 0.189. The Morgan fingerprint density at radius 1 is 1.05 bits per heavy atom. The fourth-order valence-electron chi connectivity index (χ4n) is 4.02. The fraction of sp³-hybridized carbons (Fsp3) is 1.00. The molecule has 2 unspecified atom stereocenters. The number of hydrogen-bond donors (Lipinski definition) is 2. The molecule has 1 rings (SSSR count). The first-order chi connectivity index (χ1) is 9.74. The average molecular weight is 283 g/mol. The smallest absolute Gasteiger partial charge is 0.0241 e. The zero-order valence-corrected chi connectivity index (χ0v) is 14.2. The molecule has 1 saturated carbocycles. The molecule has 0 spiro atoms. The molecule has 0 amide bonds. The summed E-state index contributed by atoms with van der Waals surface area (Å²) in [6, 6.07) is 0.555. The molecule has 0 aromatic heterocycles. The summed E-state index contributed by atoms with van der Waals surface area (Å²) in [7, 11) is 0. The van der Waals surface area contributed by atoms with E-state index >= 15 is 0 Å². The molecule has 1 aliphatic carbocycles. The highest BCUT2D eigenvalue weighted by Crippen LogP contribution is 2.35. The summed E-state index contributed by atoms with van der Waals surface area (Å²) in [5.41, 5.74) is 3.16. The second-order valence-corrected chi connectivity index (χ2v) is 6.99. The van der Waals surface area contributed by atoms with Crippen molar-refractivity contribution in [1.82, 2.24) is 5.43 Å². The highest BCUT2D eigenvalue weighted by Gasteiger charge is 2.28. The van der Waals surface area contributed by atoms with Crippen LogP contribution in [0.2, 0.25) is 0 Å². The minimum Gasteiger partial charge on any atom is -0.271 e. The molecule has 0 saturated heterocycles. The second-order valence-electron chi connectivity index (χ2n) is 6.99. The molecular weight excluding hydrogens is 244 g/mol. The van der Waals surface area contributed by atoms with Gasteiger partial charge in [0.05, 0.1) is 0 Å². The van der Waals surface area contributed by atoms with Crippen LogP contribution in [0.15, 0.2) is 0 Å². The highest BCUT2D eigenvalue weighted by molar-refractivity contribution is 4.82. The second kappa shape index (κ2) is 10.6. The van der Waals surface area contributed by atoms with Gasteiger partial charge in [-0.2, -0.15) is 0 Å². The van der Waals surface area contributed by atoms with Crippen molar-refractivity contribution in [2.45, 2.75) is 97.4 Å². The van der Waals surface area contributed by atoms with Gasteiger partial charge in [0.1, 0.15) is 0 Å². The minimum atomic E-state index is 0.555. The molecule has 2 atom stereocenters. The summed E-state index contributed by atoms with van der Waals surface area (Å²) in [5, 5.41) is 0. The first kappa shape index (κ1) is 18.0. The maximum absolute atomic E-state index is 5.88. The van der Waals surface area contributed by atoms with Crippen molar-refractivity contribution in [3.05, 3.63) is 0 Å². The van der Waals surface area contributed by atoms with Crippen molar-refractivity contribution in [2.75, 3.05) is 0 Å². The minimum absolute atomic E-state index is 0.555. The van der Waals surface area contributed by atoms with Gasteiger partial charge >= 0.3 is 0 Å². The molecule has 20 heavy (non-hydrogen) atoms. The molecule has 3 N–H and O–H groups in total. The molecule has 1 fully saturated rings. The largest absolute Gasteiger partial charge is 0.271 e. The van der Waals surface area contributed by atoms with Gasteiger partial charge in [-0.1, -0.05) is 72.1 Å². The van der Waals surface area contributed by atoms with Gasteiger partial charge in [0.2, 0.25) is 0 Å². The molecule has 0 radical (unpaired) electrons. The maximum Gasteiger partial charge on any atom is 0.0241 e. The molecule has 0 aliphatic heterocycles. The monoisotopic (exact) mass is 282 g/mol. The fourth-order valence-corrected chi connectivity index (χ4v) is 4.02. The summed E-state index contributed by atoms with van der Waals surface area (Å²) in [5.74, 6) is 8.56. The Kier molecular flexibility index (Phi) is 9.54. The van der Waals surface area contributed by atoms with Crippen LogP contribution in [-0.4, -0.2) is 6.04 Å². The molecule has 1 aliphatic rings. The first-order valence-electron chi connectivity index (χ1n) is 9.21. The summed E-state index contributed by atoms with van der Waals surface area (Å²) in [6.07, 6.45) is 15.1. The van der Waals surface area contributed by atoms with E-state index < -0.39 is 0 Å². The Labute approximate surface area is 127 Å². The molecule has 120 valence electrons. The van der Waals surface area contributed by atoms with E-state index in [2.05, 4.69) is 26.2 Å². The molecule has 2 heteroatoms. The Morgan fingerprint density at radius 3 is 2.25 bits per heavy atom. The normalized spacial score (nSPS) is 26.4. The van der Waals surface area contributed by atoms with E-state index in [1.54, 1.807) is 0 Å². The number of nitrogens with one attached hydrogen (secondary N) is 1. The van der Waals surface area contributed by atoms with Crippen LogP contribution in [0.4, 0.5) is 0 Å². The Bertz CT molecular complexity index is 221. The standard InChI is InChI=1S/C18H38N2/c1-4-7-9-15(6-3)14-18(20-19)17-12-10-16(8-5-2)11-13-17/h15-18,20H,4-14,19H2,1-3H3. The van der Waals surface area contributed by atoms with E-state index in [4.69, 9.17) is 5.84 Å². The van der Waals surface area contributed by atoms with Crippen molar-refractivity contribution in [3.63, 3.8) is 0 Å². The van der Waals surface area contributed by atoms with Gasteiger partial charge in [-0.05, 0) is 37.0 Å². The number of unbranched alkanes of at least 4 members (excludes halogenated alkanes) is 1. The zero-order chi connectivity index (χ0) is 14.8. The predicted molar refractivity (Wildman–Crippen MR) is 89.4 cm³/mol. The van der Waals surface area contributed by atoms with Gasteiger partial charge in [0.15, 0.2) is 0 Å². The van der Waals surface area contributed by atoms with Gasteiger partial charge in [-0.15, -0.1) is 0 Å². The molecule has 0 aromatic rings. The van der Waals surface area contributed by atoms with Crippen molar-refractivity contribution in [2.24, 2.45) is 23.6 Å². The molecular formula is C18H38N2. The van der Waals surface area contributed by atoms with Crippen LogP contribution < -0.4 is 11.3 Å². The van der Waals surface area contributed by atoms with Gasteiger partial charge in [0, 0.05) is 6.04 Å². The Balaban J connectivity index is 2.38. The molecule has 0 bridgehead atoms. The highest BCUT2D eigenvalue weighted by atomic mass is 15.2. The SMILES string of the molecule is CCCCC(CC)CC(NN)C1CCC(CCC)CC1. The van der Waals surface area contributed by atoms with Gasteiger partial charge < -0.3 is 0 Å². The van der Waals surface area contributed by atoms with Crippen molar-refractivity contribution in [3.8, 4) is 0 Å². The zero-order valence-electron chi connectivity index (χ0n) is 14.2. The summed E-state index contributed by atoms with van der Waals surface area (Å²) in [4.78, 5) is 0. The van der Waals surface area contributed by atoms with E-state index in [0.717, 1.165) is 17.8 Å². The van der Waals surface area contributed by atoms with Gasteiger partial charge in [-0.25, -0.2) is 0 Å². The quantitative estimate of drug-likeness (QED) is 0.435. The lowest BCUT2D eigenvalue weighted by Gasteiger charge is -2.35. The number of rotatable bonds is 10. The van der Waals surface area contributed by atoms with E-state index in [1.165, 1.54) is 70.6 Å². The lowest BCUT2D eigenvalue weighted by atomic mass is 9.75. The van der Waals surface area contributed by atoms with E-state index in [1.807, 2.05) is 0 Å². The van der Waals surface area contributed by atoms with Crippen LogP contribution in [0.1, 0.15) is 91.4 Å². The third kappa shape index (κ3) is 6.13. The number of nitrogens with two attached hydrogens (primary N) is 1. The van der Waals surface area contributed by atoms with Gasteiger partial charge in [0.25, 0.3) is 0 Å². The Morgan fingerprint density at radius 2 is 1.75 bits per heavy atom. The van der Waals surface area contributed by atoms with Crippen LogP contribution in [0.25, 0.3) is 0 Å². The van der Waals surface area contributed by atoms with E-state index in [0.29, 0.717) is 6.04 Å². The van der Waals surface area contributed by atoms with Crippen LogP contribution >= 0.6 is 0 Å². The molecule has 2 nitrogen and oxygen atoms in total. The summed E-state index contributed by atoms with van der Waals surface area (Å²) < 4.78 is 0. The maximum atomic E-state index is 5.88. The lowest BCUT2D eigenvalue weighted by Crippen LogP contribution is -2.43. The van der Waals surface area contributed by atoms with Crippen LogP contribution in [-0.2, 0) is 0 Å².